The fraction of sp³-hybridized carbons (Fsp3) is 0.250. The van der Waals surface area contributed by atoms with E-state index in [0.717, 1.165) is 17.5 Å². The average molecular weight is 66.1 g/mol. The molecule has 1 aromatic rings. The van der Waals surface area contributed by atoms with E-state index in [4.69, 9.17) is 0 Å². The molecule has 0 spiro atoms. The molecule has 5 heavy (non-hydrogen) atoms. The van der Waals surface area contributed by atoms with Crippen LogP contribution in [0.25, 0.3) is 0 Å². The Morgan fingerprint density at radius 3 is 1.80 bits per heavy atom. The lowest BCUT2D eigenvalue weighted by Crippen LogP contribution is -1.85. The van der Waals surface area contributed by atoms with Gasteiger partial charge in [-0.15, -0.1) is 0 Å². The van der Waals surface area contributed by atoms with Crippen LogP contribution < -0.4 is 5.43 Å². The maximum Gasteiger partial charge on any atom is 0.186 e. The Morgan fingerprint density at radius 1 is 1.40 bits per heavy atom. The Morgan fingerprint density at radius 2 is 1.80 bits per heavy atom. The third kappa shape index (κ3) is 0.0521. The molecule has 0 unspecified atom stereocenters. The van der Waals surface area contributed by atoms with Gasteiger partial charge in [0.1, 0.15) is 0 Å². The summed E-state index contributed by atoms with van der Waals surface area (Å²) in [6.45, 7) is 0. The van der Waals surface area contributed by atoms with Crippen molar-refractivity contribution in [2.45, 2.75) is 6.42 Å². The van der Waals surface area contributed by atoms with Gasteiger partial charge in [0.15, 0.2) is 5.43 Å². The lowest BCUT2D eigenvalue weighted by Gasteiger charge is -1.52. The number of hydrogen-bond acceptors (Lipinski definition) is 1. The Bertz CT molecular complexity index is 162. The van der Waals surface area contributed by atoms with Gasteiger partial charge in [-0.05, 0) is 0 Å². The van der Waals surface area contributed by atoms with Gasteiger partial charge in [0.2, 0.25) is 0 Å². The highest BCUT2D eigenvalue weighted by atomic mass is 16.1. The molecule has 1 aliphatic rings. The molecular formula is C4H2O. The molecule has 0 saturated carbocycles. The molecule has 0 aromatic heterocycles. The van der Waals surface area contributed by atoms with Gasteiger partial charge >= 0.3 is 0 Å². The fourth-order valence-corrected chi connectivity index (χ4v) is 0.435. The Balaban J connectivity index is 3.08. The van der Waals surface area contributed by atoms with E-state index in [2.05, 4.69) is 0 Å². The fourth-order valence-electron chi connectivity index (χ4n) is 0.435. The summed E-state index contributed by atoms with van der Waals surface area (Å²) < 4.78 is 0. The molecule has 0 atom stereocenters. The molecule has 0 radical (unpaired) electrons. The molecule has 0 bridgehead atoms. The van der Waals surface area contributed by atoms with Gasteiger partial charge < -0.3 is 0 Å². The van der Waals surface area contributed by atoms with Crippen LogP contribution in [0, 0.1) is 0 Å². The quantitative estimate of drug-likeness (QED) is 0.417. The van der Waals surface area contributed by atoms with E-state index in [1.807, 2.05) is 0 Å². The van der Waals surface area contributed by atoms with Crippen molar-refractivity contribution in [2.24, 2.45) is 0 Å². The SMILES string of the molecule is O=c1c2c1C2. The number of hydrogen-bond donors (Lipinski definition) is 0. The molecule has 0 heterocycles. The van der Waals surface area contributed by atoms with Crippen LogP contribution in [0.15, 0.2) is 4.79 Å². The second kappa shape index (κ2) is 0.224. The van der Waals surface area contributed by atoms with E-state index in [9.17, 15) is 4.79 Å². The number of fused-ring (bicyclic) bond motifs is 1. The van der Waals surface area contributed by atoms with Crippen molar-refractivity contribution < 1.29 is 0 Å². The summed E-state index contributed by atoms with van der Waals surface area (Å²) in [7, 11) is 0. The van der Waals surface area contributed by atoms with Crippen LogP contribution in [0.3, 0.4) is 0 Å². The standard InChI is InChI=1S/C4H2O/c5-4-2-1-3(2)4/h1H2. The molecule has 24 valence electrons. The summed E-state index contributed by atoms with van der Waals surface area (Å²) >= 11 is 0. The molecule has 1 nitrogen and oxygen atoms in total. The largest absolute Gasteiger partial charge is 0.289 e. The van der Waals surface area contributed by atoms with Crippen molar-refractivity contribution in [3.63, 3.8) is 0 Å². The lowest BCUT2D eigenvalue weighted by molar-refractivity contribution is 1.45. The van der Waals surface area contributed by atoms with Crippen molar-refractivity contribution >= 4 is 0 Å². The van der Waals surface area contributed by atoms with Gasteiger partial charge in [0, 0.05) is 17.5 Å². The van der Waals surface area contributed by atoms with Crippen molar-refractivity contribution in [3.8, 4) is 0 Å². The van der Waals surface area contributed by atoms with Gasteiger partial charge in [-0.3, -0.25) is 4.79 Å². The Labute approximate surface area is 28.9 Å². The summed E-state index contributed by atoms with van der Waals surface area (Å²) in [6, 6.07) is 0. The first-order valence-electron chi connectivity index (χ1n) is 1.66. The summed E-state index contributed by atoms with van der Waals surface area (Å²) in [5, 5.41) is 0. The first kappa shape index (κ1) is 1.75. The molecule has 0 saturated heterocycles. The second-order valence-electron chi connectivity index (χ2n) is 1.46. The van der Waals surface area contributed by atoms with Gasteiger partial charge in [-0.2, -0.15) is 0 Å². The average Bonchev–Trinajstić information content (AvgIpc) is 2.11. The van der Waals surface area contributed by atoms with Crippen LogP contribution in [0.5, 0.6) is 0 Å². The monoisotopic (exact) mass is 66.0 g/mol. The minimum absolute atomic E-state index is 0.352. The van der Waals surface area contributed by atoms with Crippen molar-refractivity contribution in [2.75, 3.05) is 0 Å². The summed E-state index contributed by atoms with van der Waals surface area (Å²) in [6.07, 6.45) is 1.05. The zero-order chi connectivity index (χ0) is 3.44. The summed E-state index contributed by atoms with van der Waals surface area (Å²) in [5.41, 5.74) is 2.58. The first-order valence-corrected chi connectivity index (χ1v) is 1.66. The molecule has 0 N–H and O–H groups in total. The summed E-state index contributed by atoms with van der Waals surface area (Å²) in [4.78, 5) is 9.86. The van der Waals surface area contributed by atoms with Gasteiger partial charge in [0.05, 0.1) is 0 Å². The maximum absolute atomic E-state index is 9.86. The van der Waals surface area contributed by atoms with Crippen LogP contribution >= 0.6 is 0 Å². The second-order valence-corrected chi connectivity index (χ2v) is 1.46. The Kier molecular flexibility index (Phi) is 0.0784. The summed E-state index contributed by atoms with van der Waals surface area (Å²) in [5.74, 6) is 0. The minimum atomic E-state index is 0.352. The molecular weight excluding hydrogens is 64.0 g/mol. The van der Waals surface area contributed by atoms with Crippen LogP contribution in [-0.2, 0) is 6.42 Å². The molecule has 0 aliphatic heterocycles. The Hall–Kier alpha value is -0.590. The van der Waals surface area contributed by atoms with Crippen molar-refractivity contribution in [1.29, 1.82) is 0 Å². The third-order valence-electron chi connectivity index (χ3n) is 1.08. The lowest BCUT2D eigenvalue weighted by atomic mass is 10.5. The third-order valence-corrected chi connectivity index (χ3v) is 1.08. The predicted octanol–water partition coefficient (Wildman–Crippen LogP) is -0.173. The van der Waals surface area contributed by atoms with Gasteiger partial charge in [0.25, 0.3) is 0 Å². The normalized spacial score (nSPS) is 16.0. The highest BCUT2D eigenvalue weighted by molar-refractivity contribution is 5.57. The van der Waals surface area contributed by atoms with Crippen LogP contribution in [0.4, 0.5) is 0 Å². The van der Waals surface area contributed by atoms with Crippen LogP contribution in [0.2, 0.25) is 0 Å². The highest BCUT2D eigenvalue weighted by Gasteiger charge is 2.35. The number of rotatable bonds is 0. The molecule has 1 aromatic carbocycles. The van der Waals surface area contributed by atoms with E-state index in [1.54, 1.807) is 0 Å². The van der Waals surface area contributed by atoms with Crippen molar-refractivity contribution in [1.82, 2.24) is 0 Å². The topological polar surface area (TPSA) is 17.1 Å². The molecule has 0 amide bonds. The highest BCUT2D eigenvalue weighted by Crippen LogP contribution is 2.28. The van der Waals surface area contributed by atoms with Gasteiger partial charge in [-0.1, -0.05) is 0 Å². The van der Waals surface area contributed by atoms with E-state index >= 15 is 0 Å². The van der Waals surface area contributed by atoms with E-state index in [1.165, 1.54) is 0 Å². The van der Waals surface area contributed by atoms with Crippen molar-refractivity contribution in [3.05, 3.63) is 21.4 Å². The minimum Gasteiger partial charge on any atom is -0.289 e. The maximum atomic E-state index is 9.86. The van der Waals surface area contributed by atoms with Gasteiger partial charge in [-0.25, -0.2) is 0 Å². The van der Waals surface area contributed by atoms with Crippen LogP contribution in [-0.4, -0.2) is 0 Å². The van der Waals surface area contributed by atoms with E-state index in [0.29, 0.717) is 5.43 Å². The molecule has 2 rings (SSSR count). The smallest absolute Gasteiger partial charge is 0.186 e. The molecule has 0 fully saturated rings. The van der Waals surface area contributed by atoms with Crippen LogP contribution in [0.1, 0.15) is 11.1 Å². The predicted molar refractivity (Wildman–Crippen MR) is 17.9 cm³/mol. The van der Waals surface area contributed by atoms with E-state index < -0.39 is 0 Å². The zero-order valence-corrected chi connectivity index (χ0v) is 2.62. The van der Waals surface area contributed by atoms with E-state index in [-0.39, 0.29) is 0 Å². The first-order chi connectivity index (χ1) is 2.39. The zero-order valence-electron chi connectivity index (χ0n) is 2.62. The molecule has 1 heteroatoms. The molecule has 1 aliphatic carbocycles.